The first-order valence-electron chi connectivity index (χ1n) is 11.8. The van der Waals surface area contributed by atoms with Crippen LogP contribution in [0, 0.1) is 12.3 Å². The zero-order chi connectivity index (χ0) is 23.8. The van der Waals surface area contributed by atoms with E-state index >= 15 is 0 Å². The van der Waals surface area contributed by atoms with Gasteiger partial charge in [0, 0.05) is 24.1 Å². The van der Waals surface area contributed by atoms with E-state index in [0.717, 1.165) is 30.5 Å². The van der Waals surface area contributed by atoms with Gasteiger partial charge in [0.05, 0.1) is 12.3 Å². The SMILES string of the molecule is CCCCC(NC(=O)c1[nH]c2c(c1C)C(=O)CC(C)(C)C2)C(=O)Nc1cccc2c1OCC2. The van der Waals surface area contributed by atoms with Crippen molar-refractivity contribution in [1.82, 2.24) is 10.3 Å². The van der Waals surface area contributed by atoms with Crippen LogP contribution in [0.15, 0.2) is 18.2 Å². The summed E-state index contributed by atoms with van der Waals surface area (Å²) in [4.78, 5) is 42.3. The number of amides is 2. The molecule has 4 rings (SSSR count). The number of unbranched alkanes of at least 4 members (excludes halogenated alkanes) is 1. The first-order valence-corrected chi connectivity index (χ1v) is 11.8. The van der Waals surface area contributed by atoms with E-state index in [0.29, 0.717) is 54.1 Å². The van der Waals surface area contributed by atoms with Crippen LogP contribution in [0.2, 0.25) is 0 Å². The molecule has 2 aliphatic rings. The van der Waals surface area contributed by atoms with Crippen molar-refractivity contribution in [3.63, 3.8) is 0 Å². The van der Waals surface area contributed by atoms with Gasteiger partial charge in [-0.05, 0) is 42.4 Å². The zero-order valence-electron chi connectivity index (χ0n) is 19.9. The van der Waals surface area contributed by atoms with Gasteiger partial charge in [-0.1, -0.05) is 45.7 Å². The second kappa shape index (κ2) is 9.04. The molecule has 2 amide bonds. The maximum atomic E-state index is 13.2. The number of rotatable bonds is 7. The molecule has 1 aromatic heterocycles. The van der Waals surface area contributed by atoms with Gasteiger partial charge in [0.25, 0.3) is 5.91 Å². The van der Waals surface area contributed by atoms with Crippen molar-refractivity contribution in [2.24, 2.45) is 5.41 Å². The Morgan fingerprint density at radius 3 is 2.79 bits per heavy atom. The number of benzene rings is 1. The van der Waals surface area contributed by atoms with Crippen LogP contribution in [-0.2, 0) is 17.6 Å². The summed E-state index contributed by atoms with van der Waals surface area (Å²) in [6.45, 7) is 8.56. The van der Waals surface area contributed by atoms with Crippen LogP contribution in [-0.4, -0.2) is 35.2 Å². The van der Waals surface area contributed by atoms with E-state index in [9.17, 15) is 14.4 Å². The molecule has 0 fully saturated rings. The monoisotopic (exact) mass is 451 g/mol. The fraction of sp³-hybridized carbons (Fsp3) is 0.500. The molecular weight excluding hydrogens is 418 g/mol. The molecule has 3 N–H and O–H groups in total. The third-order valence-electron chi connectivity index (χ3n) is 6.57. The molecule has 0 bridgehead atoms. The standard InChI is InChI=1S/C26H33N3O4/c1-5-6-9-18(24(31)28-17-10-7-8-16-11-12-33-23(16)17)29-25(32)22-15(2)21-19(27-22)13-26(3,4)14-20(21)30/h7-8,10,18,27H,5-6,9,11-14H2,1-4H3,(H,28,31)(H,29,32). The predicted molar refractivity (Wildman–Crippen MR) is 127 cm³/mol. The molecule has 0 saturated carbocycles. The van der Waals surface area contributed by atoms with Crippen molar-refractivity contribution >= 4 is 23.3 Å². The van der Waals surface area contributed by atoms with Gasteiger partial charge in [-0.3, -0.25) is 14.4 Å². The Kier molecular flexibility index (Phi) is 6.32. The van der Waals surface area contributed by atoms with Crippen molar-refractivity contribution in [2.45, 2.75) is 72.3 Å². The van der Waals surface area contributed by atoms with Crippen LogP contribution in [0.4, 0.5) is 5.69 Å². The number of Topliss-reactive ketones (excluding diaryl/α,β-unsaturated/α-hetero) is 1. The minimum Gasteiger partial charge on any atom is -0.491 e. The number of aromatic amines is 1. The second-order valence-corrected chi connectivity index (χ2v) is 9.97. The van der Waals surface area contributed by atoms with Crippen LogP contribution < -0.4 is 15.4 Å². The molecule has 33 heavy (non-hydrogen) atoms. The van der Waals surface area contributed by atoms with E-state index in [1.165, 1.54) is 0 Å². The topological polar surface area (TPSA) is 100 Å². The highest BCUT2D eigenvalue weighted by Gasteiger charge is 2.35. The van der Waals surface area contributed by atoms with E-state index in [1.807, 2.05) is 25.1 Å². The summed E-state index contributed by atoms with van der Waals surface area (Å²) in [7, 11) is 0. The van der Waals surface area contributed by atoms with Gasteiger partial charge < -0.3 is 20.4 Å². The number of carbonyl (C=O) groups is 3. The maximum absolute atomic E-state index is 13.2. The number of anilines is 1. The molecular formula is C26H33N3O4. The summed E-state index contributed by atoms with van der Waals surface area (Å²) in [5.74, 6) is 0.137. The largest absolute Gasteiger partial charge is 0.491 e. The third kappa shape index (κ3) is 4.68. The highest BCUT2D eigenvalue weighted by Crippen LogP contribution is 2.37. The maximum Gasteiger partial charge on any atom is 0.268 e. The quantitative estimate of drug-likeness (QED) is 0.583. The molecule has 176 valence electrons. The van der Waals surface area contributed by atoms with Gasteiger partial charge in [-0.25, -0.2) is 0 Å². The number of fused-ring (bicyclic) bond motifs is 2. The first-order chi connectivity index (χ1) is 15.7. The number of nitrogens with one attached hydrogen (secondary N) is 3. The Labute approximate surface area is 194 Å². The number of ether oxygens (including phenoxy) is 1. The Hall–Kier alpha value is -3.09. The summed E-state index contributed by atoms with van der Waals surface area (Å²) in [6, 6.07) is 5.01. The Balaban J connectivity index is 1.53. The fourth-order valence-electron chi connectivity index (χ4n) is 4.90. The number of carbonyl (C=O) groups excluding carboxylic acids is 3. The van der Waals surface area contributed by atoms with E-state index in [4.69, 9.17) is 4.74 Å². The van der Waals surface area contributed by atoms with E-state index < -0.39 is 6.04 Å². The average Bonchev–Trinajstić information content (AvgIpc) is 3.35. The van der Waals surface area contributed by atoms with E-state index in [-0.39, 0.29) is 23.0 Å². The smallest absolute Gasteiger partial charge is 0.268 e. The van der Waals surface area contributed by atoms with Crippen LogP contribution in [0.1, 0.15) is 84.1 Å². The lowest BCUT2D eigenvalue weighted by atomic mass is 9.75. The number of H-pyrrole nitrogens is 1. The summed E-state index contributed by atoms with van der Waals surface area (Å²) < 4.78 is 5.69. The van der Waals surface area contributed by atoms with Crippen LogP contribution in [0.5, 0.6) is 5.75 Å². The van der Waals surface area contributed by atoms with Gasteiger partial charge in [0.1, 0.15) is 17.5 Å². The Morgan fingerprint density at radius 2 is 2.03 bits per heavy atom. The molecule has 7 heteroatoms. The summed E-state index contributed by atoms with van der Waals surface area (Å²) in [6.07, 6.45) is 4.22. The van der Waals surface area contributed by atoms with Crippen LogP contribution in [0.25, 0.3) is 0 Å². The Morgan fingerprint density at radius 1 is 1.24 bits per heavy atom. The molecule has 1 unspecified atom stereocenters. The van der Waals surface area contributed by atoms with E-state index in [2.05, 4.69) is 29.5 Å². The molecule has 0 saturated heterocycles. The minimum atomic E-state index is -0.693. The molecule has 1 aliphatic heterocycles. The molecule has 1 atom stereocenters. The highest BCUT2D eigenvalue weighted by molar-refractivity contribution is 6.06. The summed E-state index contributed by atoms with van der Waals surface area (Å²) >= 11 is 0. The number of hydrogen-bond donors (Lipinski definition) is 3. The molecule has 0 radical (unpaired) electrons. The molecule has 0 spiro atoms. The van der Waals surface area contributed by atoms with E-state index in [1.54, 1.807) is 6.92 Å². The fourth-order valence-corrected chi connectivity index (χ4v) is 4.90. The second-order valence-electron chi connectivity index (χ2n) is 9.97. The summed E-state index contributed by atoms with van der Waals surface area (Å²) in [5.41, 5.74) is 4.02. The number of para-hydroxylation sites is 1. The van der Waals surface area contributed by atoms with Gasteiger partial charge in [0.2, 0.25) is 5.91 Å². The average molecular weight is 452 g/mol. The van der Waals surface area contributed by atoms with Gasteiger partial charge in [0.15, 0.2) is 5.78 Å². The lowest BCUT2D eigenvalue weighted by Crippen LogP contribution is -2.44. The molecule has 2 heterocycles. The predicted octanol–water partition coefficient (Wildman–Crippen LogP) is 4.34. The van der Waals surface area contributed by atoms with Crippen molar-refractivity contribution in [3.05, 3.63) is 46.3 Å². The minimum absolute atomic E-state index is 0.0623. The summed E-state index contributed by atoms with van der Waals surface area (Å²) in [5, 5.41) is 5.85. The first kappa shape index (κ1) is 23.1. The van der Waals surface area contributed by atoms with Crippen molar-refractivity contribution in [3.8, 4) is 5.75 Å². The van der Waals surface area contributed by atoms with Crippen LogP contribution in [0.3, 0.4) is 0 Å². The number of aromatic nitrogens is 1. The van der Waals surface area contributed by atoms with Gasteiger partial charge >= 0.3 is 0 Å². The van der Waals surface area contributed by atoms with Crippen molar-refractivity contribution in [1.29, 1.82) is 0 Å². The van der Waals surface area contributed by atoms with Crippen molar-refractivity contribution in [2.75, 3.05) is 11.9 Å². The molecule has 1 aromatic carbocycles. The highest BCUT2D eigenvalue weighted by atomic mass is 16.5. The zero-order valence-corrected chi connectivity index (χ0v) is 19.9. The van der Waals surface area contributed by atoms with Crippen LogP contribution >= 0.6 is 0 Å². The lowest BCUT2D eigenvalue weighted by molar-refractivity contribution is -0.118. The Bertz CT molecular complexity index is 1100. The normalized spacial score (nSPS) is 17.0. The lowest BCUT2D eigenvalue weighted by Gasteiger charge is -2.28. The van der Waals surface area contributed by atoms with Gasteiger partial charge in [-0.15, -0.1) is 0 Å². The van der Waals surface area contributed by atoms with Crippen molar-refractivity contribution < 1.29 is 19.1 Å². The molecule has 2 aromatic rings. The van der Waals surface area contributed by atoms with Gasteiger partial charge in [-0.2, -0.15) is 0 Å². The number of ketones is 1. The molecule has 7 nitrogen and oxygen atoms in total. The number of hydrogen-bond acceptors (Lipinski definition) is 4. The third-order valence-corrected chi connectivity index (χ3v) is 6.57. The molecule has 1 aliphatic carbocycles.